The van der Waals surface area contributed by atoms with E-state index in [1.54, 1.807) is 12.1 Å². The third-order valence-corrected chi connectivity index (χ3v) is 13.2. The van der Waals surface area contributed by atoms with Gasteiger partial charge in [0.15, 0.2) is 0 Å². The fraction of sp³-hybridized carbons (Fsp3) is 0.765. The van der Waals surface area contributed by atoms with Gasteiger partial charge in [0.2, 0.25) is 0 Å². The van der Waals surface area contributed by atoms with Gasteiger partial charge in [-0.25, -0.2) is 0 Å². The van der Waals surface area contributed by atoms with Gasteiger partial charge in [-0.2, -0.15) is 8.42 Å². The van der Waals surface area contributed by atoms with E-state index >= 15 is 0 Å². The zero-order valence-electron chi connectivity index (χ0n) is 24.8. The summed E-state index contributed by atoms with van der Waals surface area (Å²) in [5.74, 6) is 4.93. The van der Waals surface area contributed by atoms with Gasteiger partial charge < -0.3 is 0 Å². The van der Waals surface area contributed by atoms with Crippen LogP contribution in [-0.4, -0.2) is 14.5 Å². The van der Waals surface area contributed by atoms with Crippen molar-refractivity contribution in [2.24, 2.45) is 46.3 Å². The molecule has 0 heterocycles. The third kappa shape index (κ3) is 5.18. The largest absolute Gasteiger partial charge is 0.297 e. The lowest BCUT2D eigenvalue weighted by Crippen LogP contribution is -2.51. The minimum atomic E-state index is -3.73. The Bertz CT molecular complexity index is 1120. The van der Waals surface area contributed by atoms with E-state index in [4.69, 9.17) is 4.18 Å². The minimum Gasteiger partial charge on any atom is -0.263 e. The van der Waals surface area contributed by atoms with Crippen LogP contribution in [-0.2, 0) is 14.3 Å². The quantitative estimate of drug-likeness (QED) is 0.244. The van der Waals surface area contributed by atoms with Gasteiger partial charge in [0, 0.05) is 0 Å². The summed E-state index contributed by atoms with van der Waals surface area (Å²) in [6.45, 7) is 14.4. The van der Waals surface area contributed by atoms with Crippen molar-refractivity contribution in [3.63, 3.8) is 0 Å². The summed E-state index contributed by atoms with van der Waals surface area (Å²) < 4.78 is 31.8. The van der Waals surface area contributed by atoms with Crippen molar-refractivity contribution in [1.82, 2.24) is 0 Å². The van der Waals surface area contributed by atoms with Crippen molar-refractivity contribution in [3.05, 3.63) is 41.5 Å². The van der Waals surface area contributed by atoms with Crippen LogP contribution in [0.5, 0.6) is 0 Å². The molecule has 1 aromatic carbocycles. The van der Waals surface area contributed by atoms with Crippen molar-refractivity contribution in [2.45, 2.75) is 123 Å². The monoisotopic (exact) mass is 540 g/mol. The normalized spacial score (nSPS) is 37.8. The van der Waals surface area contributed by atoms with Crippen molar-refractivity contribution in [3.8, 4) is 0 Å². The van der Waals surface area contributed by atoms with Crippen LogP contribution >= 0.6 is 0 Å². The summed E-state index contributed by atoms with van der Waals surface area (Å²) in [7, 11) is -3.73. The standard InChI is InChI=1S/C34H52O3S/c1-23(2)8-7-9-25(4)30-16-17-31-29-15-12-26-22-27(37-38(35,36)28-13-10-24(3)11-14-28)18-20-33(26,5)32(29)19-21-34(30,31)6/h10-14,23,25,27,29-32H,7-9,15-22H2,1-6H3/t25-,27+,29-,30+,31-,32-,33-,34+/m0/s1. The molecule has 0 amide bonds. The summed E-state index contributed by atoms with van der Waals surface area (Å²) in [6.07, 6.45) is 15.8. The van der Waals surface area contributed by atoms with Crippen molar-refractivity contribution >= 4 is 10.1 Å². The first-order valence-corrected chi connectivity index (χ1v) is 17.0. The molecule has 0 aliphatic heterocycles. The highest BCUT2D eigenvalue weighted by Gasteiger charge is 2.59. The van der Waals surface area contributed by atoms with Crippen LogP contribution < -0.4 is 0 Å². The summed E-state index contributed by atoms with van der Waals surface area (Å²) in [5, 5.41) is 0. The van der Waals surface area contributed by atoms with E-state index in [0.29, 0.717) is 5.41 Å². The van der Waals surface area contributed by atoms with Crippen LogP contribution in [0, 0.1) is 53.3 Å². The van der Waals surface area contributed by atoms with Gasteiger partial charge in [-0.05, 0) is 117 Å². The zero-order chi connectivity index (χ0) is 27.3. The van der Waals surface area contributed by atoms with Crippen molar-refractivity contribution < 1.29 is 12.6 Å². The van der Waals surface area contributed by atoms with Gasteiger partial charge >= 0.3 is 0 Å². The summed E-state index contributed by atoms with van der Waals surface area (Å²) >= 11 is 0. The van der Waals surface area contributed by atoms with Gasteiger partial charge in [0.25, 0.3) is 10.1 Å². The molecular formula is C34H52O3S. The third-order valence-electron chi connectivity index (χ3n) is 11.8. The van der Waals surface area contributed by atoms with E-state index in [1.807, 2.05) is 19.1 Å². The number of fused-ring (bicyclic) bond motifs is 5. The Hall–Kier alpha value is -1.13. The first-order valence-electron chi connectivity index (χ1n) is 15.6. The average molecular weight is 541 g/mol. The summed E-state index contributed by atoms with van der Waals surface area (Å²) in [5.41, 5.74) is 3.24. The molecule has 0 spiro atoms. The Balaban J connectivity index is 1.27. The molecule has 3 nitrogen and oxygen atoms in total. The lowest BCUT2D eigenvalue weighted by Gasteiger charge is -2.58. The molecule has 3 saturated carbocycles. The van der Waals surface area contributed by atoms with E-state index in [0.717, 1.165) is 60.3 Å². The molecule has 38 heavy (non-hydrogen) atoms. The van der Waals surface area contributed by atoms with Gasteiger partial charge in [0.1, 0.15) is 0 Å². The molecule has 3 fully saturated rings. The maximum absolute atomic E-state index is 13.0. The second kappa shape index (κ2) is 10.7. The predicted octanol–water partition coefficient (Wildman–Crippen LogP) is 9.11. The Labute approximate surface area is 233 Å². The molecule has 0 saturated heterocycles. The highest BCUT2D eigenvalue weighted by molar-refractivity contribution is 7.86. The molecule has 4 heteroatoms. The molecule has 0 aromatic heterocycles. The molecule has 0 bridgehead atoms. The number of rotatable bonds is 8. The SMILES string of the molecule is Cc1ccc(S(=O)(=O)O[C@@H]2CC[C@@]3(C)C(=CC[C@H]4[C@@H]5CC[C@H]([C@@H](C)CCCC(C)C)[C@@]5(C)CC[C@@H]43)C2)cc1. The zero-order valence-corrected chi connectivity index (χ0v) is 25.7. The van der Waals surface area contributed by atoms with E-state index in [9.17, 15) is 8.42 Å². The smallest absolute Gasteiger partial charge is 0.263 e. The Morgan fingerprint density at radius 2 is 1.68 bits per heavy atom. The molecule has 4 aliphatic rings. The first kappa shape index (κ1) is 28.4. The van der Waals surface area contributed by atoms with Gasteiger partial charge in [-0.3, -0.25) is 4.18 Å². The fourth-order valence-electron chi connectivity index (χ4n) is 9.67. The number of benzene rings is 1. The van der Waals surface area contributed by atoms with Crippen molar-refractivity contribution in [2.75, 3.05) is 0 Å². The van der Waals surface area contributed by atoms with E-state index in [2.05, 4.69) is 40.7 Å². The maximum atomic E-state index is 13.0. The molecule has 5 rings (SSSR count). The van der Waals surface area contributed by atoms with Crippen LogP contribution in [0.25, 0.3) is 0 Å². The van der Waals surface area contributed by atoms with Gasteiger partial charge in [0.05, 0.1) is 11.0 Å². The summed E-state index contributed by atoms with van der Waals surface area (Å²) in [6, 6.07) is 7.02. The highest BCUT2D eigenvalue weighted by Crippen LogP contribution is 2.67. The number of aryl methyl sites for hydroxylation is 1. The second-order valence-corrected chi connectivity index (χ2v) is 16.1. The molecule has 0 N–H and O–H groups in total. The van der Waals surface area contributed by atoms with E-state index in [1.165, 1.54) is 56.9 Å². The fourth-order valence-corrected chi connectivity index (χ4v) is 10.8. The molecule has 0 unspecified atom stereocenters. The number of hydrogen-bond acceptors (Lipinski definition) is 3. The maximum Gasteiger partial charge on any atom is 0.297 e. The molecule has 8 atom stereocenters. The van der Waals surface area contributed by atoms with E-state index in [-0.39, 0.29) is 16.4 Å². The topological polar surface area (TPSA) is 43.4 Å². The number of hydrogen-bond donors (Lipinski definition) is 0. The van der Waals surface area contributed by atoms with Crippen LogP contribution in [0.2, 0.25) is 0 Å². The first-order chi connectivity index (χ1) is 17.9. The van der Waals surface area contributed by atoms with Crippen molar-refractivity contribution in [1.29, 1.82) is 0 Å². The molecule has 0 radical (unpaired) electrons. The lowest BCUT2D eigenvalue weighted by atomic mass is 9.47. The molecule has 4 aliphatic carbocycles. The Kier molecular flexibility index (Phi) is 7.99. The van der Waals surface area contributed by atoms with Crippen LogP contribution in [0.3, 0.4) is 0 Å². The Morgan fingerprint density at radius 1 is 0.947 bits per heavy atom. The predicted molar refractivity (Wildman–Crippen MR) is 156 cm³/mol. The molecule has 212 valence electrons. The van der Waals surface area contributed by atoms with E-state index < -0.39 is 10.1 Å². The summed E-state index contributed by atoms with van der Waals surface area (Å²) in [4.78, 5) is 0.273. The Morgan fingerprint density at radius 3 is 2.39 bits per heavy atom. The van der Waals surface area contributed by atoms with Gasteiger partial charge in [-0.1, -0.05) is 83.2 Å². The average Bonchev–Trinajstić information content (AvgIpc) is 3.21. The van der Waals surface area contributed by atoms with Crippen LogP contribution in [0.1, 0.15) is 111 Å². The molecular weight excluding hydrogens is 488 g/mol. The van der Waals surface area contributed by atoms with Gasteiger partial charge in [-0.15, -0.1) is 0 Å². The van der Waals surface area contributed by atoms with Crippen LogP contribution in [0.15, 0.2) is 40.8 Å². The highest BCUT2D eigenvalue weighted by atomic mass is 32.2. The second-order valence-electron chi connectivity index (χ2n) is 14.5. The minimum absolute atomic E-state index is 0.207. The van der Waals surface area contributed by atoms with Crippen LogP contribution in [0.4, 0.5) is 0 Å². The molecule has 1 aromatic rings. The number of allylic oxidation sites excluding steroid dienone is 1. The lowest BCUT2D eigenvalue weighted by molar-refractivity contribution is -0.0556.